The second-order valence-corrected chi connectivity index (χ2v) is 4.53. The summed E-state index contributed by atoms with van der Waals surface area (Å²) in [6, 6.07) is 8.20. The van der Waals surface area contributed by atoms with E-state index in [9.17, 15) is 4.79 Å². The van der Waals surface area contributed by atoms with E-state index in [1.807, 2.05) is 19.1 Å². The summed E-state index contributed by atoms with van der Waals surface area (Å²) < 4.78 is 0. The average molecular weight is 241 g/mol. The maximum Gasteiger partial charge on any atom is 0.251 e. The summed E-state index contributed by atoms with van der Waals surface area (Å²) in [6.45, 7) is 6.21. The summed E-state index contributed by atoms with van der Waals surface area (Å²) in [4.78, 5) is 11.9. The number of allylic oxidation sites excluding steroid dienone is 1. The highest BCUT2D eigenvalue weighted by atomic mass is 16.1. The van der Waals surface area contributed by atoms with Crippen LogP contribution in [-0.2, 0) is 4.79 Å². The summed E-state index contributed by atoms with van der Waals surface area (Å²) in [5.41, 5.74) is 5.44. The number of rotatable bonds is 3. The van der Waals surface area contributed by atoms with Gasteiger partial charge < -0.3 is 5.32 Å². The van der Waals surface area contributed by atoms with E-state index in [-0.39, 0.29) is 5.91 Å². The van der Waals surface area contributed by atoms with Crippen LogP contribution < -0.4 is 5.32 Å². The molecule has 0 atom stereocenters. The Morgan fingerprint density at radius 1 is 1.11 bits per heavy atom. The monoisotopic (exact) mass is 241 g/mol. The molecule has 2 rings (SSSR count). The number of aryl methyl sites for hydroxylation is 1. The number of hydrogen-bond donors (Lipinski definition) is 1. The molecule has 1 aromatic carbocycles. The van der Waals surface area contributed by atoms with E-state index in [1.54, 1.807) is 0 Å². The standard InChI is InChI=1S/C16H19NO/c1-4-13-14(5-2)16(18)17-15(13)10-12-9-7-6-8-11(12)3/h6-10H,4-5H2,1-3H3,(H,17,18)/b15-10+. The number of amides is 1. The lowest BCUT2D eigenvalue weighted by molar-refractivity contribution is -0.116. The van der Waals surface area contributed by atoms with Gasteiger partial charge in [0.05, 0.1) is 0 Å². The lowest BCUT2D eigenvalue weighted by Gasteiger charge is -2.05. The SMILES string of the molecule is CCC1=C(CC)/C(=C\c2ccccc2C)NC1=O. The first kappa shape index (κ1) is 12.6. The van der Waals surface area contributed by atoms with Gasteiger partial charge in [-0.25, -0.2) is 0 Å². The lowest BCUT2D eigenvalue weighted by atomic mass is 10.0. The highest BCUT2D eigenvalue weighted by molar-refractivity contribution is 6.01. The Bertz CT molecular complexity index is 538. The topological polar surface area (TPSA) is 29.1 Å². The zero-order valence-electron chi connectivity index (χ0n) is 11.2. The van der Waals surface area contributed by atoms with Crippen molar-refractivity contribution in [3.63, 3.8) is 0 Å². The third-order valence-electron chi connectivity index (χ3n) is 3.41. The van der Waals surface area contributed by atoms with Gasteiger partial charge in [0.2, 0.25) is 0 Å². The molecular weight excluding hydrogens is 222 g/mol. The molecule has 1 aliphatic heterocycles. The van der Waals surface area contributed by atoms with E-state index >= 15 is 0 Å². The fraction of sp³-hybridized carbons (Fsp3) is 0.312. The molecule has 1 aromatic rings. The molecule has 1 heterocycles. The number of hydrogen-bond acceptors (Lipinski definition) is 1. The van der Waals surface area contributed by atoms with Crippen LogP contribution in [0.15, 0.2) is 41.1 Å². The third-order valence-corrected chi connectivity index (χ3v) is 3.41. The van der Waals surface area contributed by atoms with Crippen molar-refractivity contribution in [2.45, 2.75) is 33.6 Å². The Kier molecular flexibility index (Phi) is 3.66. The molecule has 1 aliphatic rings. The zero-order chi connectivity index (χ0) is 13.1. The largest absolute Gasteiger partial charge is 0.322 e. The minimum Gasteiger partial charge on any atom is -0.322 e. The first-order valence-corrected chi connectivity index (χ1v) is 6.48. The normalized spacial score (nSPS) is 17.5. The minimum absolute atomic E-state index is 0.0641. The molecule has 0 bridgehead atoms. The first-order chi connectivity index (χ1) is 8.67. The van der Waals surface area contributed by atoms with E-state index in [1.165, 1.54) is 5.56 Å². The highest BCUT2D eigenvalue weighted by Gasteiger charge is 2.24. The Morgan fingerprint density at radius 3 is 2.39 bits per heavy atom. The Balaban J connectivity index is 2.44. The fourth-order valence-electron chi connectivity index (χ4n) is 2.38. The van der Waals surface area contributed by atoms with Crippen LogP contribution in [0.1, 0.15) is 37.8 Å². The van der Waals surface area contributed by atoms with Crippen LogP contribution in [0.2, 0.25) is 0 Å². The molecule has 94 valence electrons. The quantitative estimate of drug-likeness (QED) is 0.861. The van der Waals surface area contributed by atoms with Crippen molar-refractivity contribution in [2.24, 2.45) is 0 Å². The number of nitrogens with one attached hydrogen (secondary N) is 1. The van der Waals surface area contributed by atoms with E-state index in [4.69, 9.17) is 0 Å². The molecule has 0 aliphatic carbocycles. The van der Waals surface area contributed by atoms with Crippen LogP contribution in [0, 0.1) is 6.92 Å². The Labute approximate surface area is 108 Å². The zero-order valence-corrected chi connectivity index (χ0v) is 11.2. The van der Waals surface area contributed by atoms with Crippen molar-refractivity contribution < 1.29 is 4.79 Å². The van der Waals surface area contributed by atoms with Gasteiger partial charge in [0.15, 0.2) is 0 Å². The van der Waals surface area contributed by atoms with Gasteiger partial charge >= 0.3 is 0 Å². The third kappa shape index (κ3) is 2.23. The van der Waals surface area contributed by atoms with Gasteiger partial charge in [-0.05, 0) is 42.5 Å². The Morgan fingerprint density at radius 2 is 1.78 bits per heavy atom. The van der Waals surface area contributed by atoms with Gasteiger partial charge in [-0.15, -0.1) is 0 Å². The van der Waals surface area contributed by atoms with Crippen molar-refractivity contribution in [2.75, 3.05) is 0 Å². The van der Waals surface area contributed by atoms with Gasteiger partial charge in [0.25, 0.3) is 5.91 Å². The molecular formula is C16H19NO. The van der Waals surface area contributed by atoms with Crippen LogP contribution in [0.4, 0.5) is 0 Å². The summed E-state index contributed by atoms with van der Waals surface area (Å²) in [5.74, 6) is 0.0641. The lowest BCUT2D eigenvalue weighted by Crippen LogP contribution is -2.16. The molecule has 0 aromatic heterocycles. The van der Waals surface area contributed by atoms with Crippen molar-refractivity contribution >= 4 is 12.0 Å². The van der Waals surface area contributed by atoms with E-state index < -0.39 is 0 Å². The smallest absolute Gasteiger partial charge is 0.251 e. The highest BCUT2D eigenvalue weighted by Crippen LogP contribution is 2.27. The second kappa shape index (κ2) is 5.21. The fourth-order valence-corrected chi connectivity index (χ4v) is 2.38. The van der Waals surface area contributed by atoms with Crippen molar-refractivity contribution in [3.05, 3.63) is 52.2 Å². The van der Waals surface area contributed by atoms with Gasteiger partial charge in [-0.3, -0.25) is 4.79 Å². The summed E-state index contributed by atoms with van der Waals surface area (Å²) >= 11 is 0. The molecule has 1 amide bonds. The molecule has 0 unspecified atom stereocenters. The van der Waals surface area contributed by atoms with Gasteiger partial charge in [0.1, 0.15) is 0 Å². The van der Waals surface area contributed by atoms with Crippen molar-refractivity contribution in [1.82, 2.24) is 5.32 Å². The molecule has 2 nitrogen and oxygen atoms in total. The summed E-state index contributed by atoms with van der Waals surface area (Å²) in [6.07, 6.45) is 3.76. The van der Waals surface area contributed by atoms with E-state index in [0.29, 0.717) is 0 Å². The summed E-state index contributed by atoms with van der Waals surface area (Å²) in [7, 11) is 0. The Hall–Kier alpha value is -1.83. The van der Waals surface area contributed by atoms with Crippen LogP contribution in [-0.4, -0.2) is 5.91 Å². The molecule has 0 radical (unpaired) electrons. The average Bonchev–Trinajstić information content (AvgIpc) is 2.67. The predicted molar refractivity (Wildman–Crippen MR) is 74.9 cm³/mol. The van der Waals surface area contributed by atoms with Crippen LogP contribution >= 0.6 is 0 Å². The van der Waals surface area contributed by atoms with Crippen LogP contribution in [0.5, 0.6) is 0 Å². The number of carbonyl (C=O) groups excluding carboxylic acids is 1. The molecule has 0 fully saturated rings. The molecule has 0 spiro atoms. The minimum atomic E-state index is 0.0641. The molecule has 2 heteroatoms. The number of carbonyl (C=O) groups is 1. The van der Waals surface area contributed by atoms with Crippen molar-refractivity contribution in [3.8, 4) is 0 Å². The van der Waals surface area contributed by atoms with E-state index in [2.05, 4.69) is 37.4 Å². The van der Waals surface area contributed by atoms with Gasteiger partial charge in [-0.2, -0.15) is 0 Å². The van der Waals surface area contributed by atoms with E-state index in [0.717, 1.165) is 35.2 Å². The number of benzene rings is 1. The molecule has 0 saturated heterocycles. The van der Waals surface area contributed by atoms with Gasteiger partial charge in [0, 0.05) is 11.3 Å². The maximum absolute atomic E-state index is 11.9. The molecule has 0 saturated carbocycles. The maximum atomic E-state index is 11.9. The van der Waals surface area contributed by atoms with Gasteiger partial charge in [-0.1, -0.05) is 38.1 Å². The second-order valence-electron chi connectivity index (χ2n) is 4.53. The van der Waals surface area contributed by atoms with Crippen molar-refractivity contribution in [1.29, 1.82) is 0 Å². The summed E-state index contributed by atoms with van der Waals surface area (Å²) in [5, 5.41) is 2.98. The predicted octanol–water partition coefficient (Wildman–Crippen LogP) is 3.58. The van der Waals surface area contributed by atoms with Crippen LogP contribution in [0.25, 0.3) is 6.08 Å². The van der Waals surface area contributed by atoms with Crippen LogP contribution in [0.3, 0.4) is 0 Å². The molecule has 1 N–H and O–H groups in total. The molecule has 18 heavy (non-hydrogen) atoms. The first-order valence-electron chi connectivity index (χ1n) is 6.48.